The van der Waals surface area contributed by atoms with Gasteiger partial charge in [-0.05, 0) is 18.2 Å². The first-order valence-electron chi connectivity index (χ1n) is 6.81. The standard InChI is InChI=1S/C15H14N4O3/c20-19(21)13-7-3-1-5-11(13)16-9-10-17-15-18-12-6-2-4-8-14(12)22-15/h1-8,16H,9-10H2,(H,17,18). The molecule has 0 saturated heterocycles. The summed E-state index contributed by atoms with van der Waals surface area (Å²) in [6, 6.07) is 14.5. The van der Waals surface area contributed by atoms with Crippen LogP contribution in [-0.2, 0) is 0 Å². The van der Waals surface area contributed by atoms with Crippen LogP contribution in [-0.4, -0.2) is 23.0 Å². The van der Waals surface area contributed by atoms with Crippen molar-refractivity contribution in [2.24, 2.45) is 0 Å². The molecule has 7 heteroatoms. The Balaban J connectivity index is 1.56. The molecule has 0 aliphatic heterocycles. The summed E-state index contributed by atoms with van der Waals surface area (Å²) in [4.78, 5) is 14.8. The fourth-order valence-electron chi connectivity index (χ4n) is 2.10. The van der Waals surface area contributed by atoms with Gasteiger partial charge in [0.25, 0.3) is 11.7 Å². The van der Waals surface area contributed by atoms with E-state index in [0.717, 1.165) is 11.1 Å². The molecule has 0 unspecified atom stereocenters. The smallest absolute Gasteiger partial charge is 0.295 e. The van der Waals surface area contributed by atoms with Crippen molar-refractivity contribution in [2.45, 2.75) is 0 Å². The molecular formula is C15H14N4O3. The highest BCUT2D eigenvalue weighted by molar-refractivity contribution is 5.74. The summed E-state index contributed by atoms with van der Waals surface area (Å²) in [5.74, 6) is 0. The molecule has 0 aliphatic carbocycles. The first kappa shape index (κ1) is 13.9. The average Bonchev–Trinajstić information content (AvgIpc) is 2.94. The molecular weight excluding hydrogens is 284 g/mol. The molecule has 0 amide bonds. The Morgan fingerprint density at radius 2 is 1.77 bits per heavy atom. The third-order valence-corrected chi connectivity index (χ3v) is 3.11. The minimum atomic E-state index is -0.406. The number of aromatic nitrogens is 1. The quantitative estimate of drug-likeness (QED) is 0.412. The topological polar surface area (TPSA) is 93.2 Å². The van der Waals surface area contributed by atoms with E-state index in [9.17, 15) is 10.1 Å². The van der Waals surface area contributed by atoms with Crippen molar-refractivity contribution in [1.29, 1.82) is 0 Å². The van der Waals surface area contributed by atoms with Crippen molar-refractivity contribution < 1.29 is 9.34 Å². The van der Waals surface area contributed by atoms with Gasteiger partial charge in [-0.15, -0.1) is 0 Å². The maximum absolute atomic E-state index is 10.9. The van der Waals surface area contributed by atoms with E-state index < -0.39 is 4.92 Å². The maximum Gasteiger partial charge on any atom is 0.295 e. The SMILES string of the molecule is O=[N+]([O-])c1ccccc1NCCNc1nc2ccccc2o1. The number of rotatable bonds is 6. The van der Waals surface area contributed by atoms with Gasteiger partial charge >= 0.3 is 0 Å². The molecule has 22 heavy (non-hydrogen) atoms. The zero-order chi connectivity index (χ0) is 15.4. The van der Waals surface area contributed by atoms with Gasteiger partial charge in [-0.25, -0.2) is 0 Å². The van der Waals surface area contributed by atoms with E-state index in [0.29, 0.717) is 24.8 Å². The summed E-state index contributed by atoms with van der Waals surface area (Å²) >= 11 is 0. The zero-order valence-electron chi connectivity index (χ0n) is 11.7. The molecule has 0 atom stereocenters. The van der Waals surface area contributed by atoms with Crippen LogP contribution < -0.4 is 10.6 Å². The van der Waals surface area contributed by atoms with Crippen molar-refractivity contribution in [3.63, 3.8) is 0 Å². The van der Waals surface area contributed by atoms with Gasteiger partial charge in [0, 0.05) is 19.2 Å². The molecule has 0 spiro atoms. The summed E-state index contributed by atoms with van der Waals surface area (Å²) in [6.45, 7) is 1.03. The zero-order valence-corrected chi connectivity index (χ0v) is 11.7. The van der Waals surface area contributed by atoms with Crippen LogP contribution in [0.25, 0.3) is 11.1 Å². The number of nitrogens with one attached hydrogen (secondary N) is 2. The molecule has 2 N–H and O–H groups in total. The van der Waals surface area contributed by atoms with Crippen molar-refractivity contribution in [2.75, 3.05) is 23.7 Å². The van der Waals surface area contributed by atoms with Crippen LogP contribution >= 0.6 is 0 Å². The molecule has 0 radical (unpaired) electrons. The van der Waals surface area contributed by atoms with Crippen LogP contribution in [0.1, 0.15) is 0 Å². The molecule has 0 fully saturated rings. The minimum Gasteiger partial charge on any atom is -0.424 e. The van der Waals surface area contributed by atoms with Crippen molar-refractivity contribution in [3.8, 4) is 0 Å². The number of oxazole rings is 1. The summed E-state index contributed by atoms with van der Waals surface area (Å²) in [5.41, 5.74) is 2.06. The minimum absolute atomic E-state index is 0.0596. The Morgan fingerprint density at radius 1 is 1.05 bits per heavy atom. The van der Waals surface area contributed by atoms with Gasteiger partial charge in [-0.2, -0.15) is 4.98 Å². The lowest BCUT2D eigenvalue weighted by atomic mass is 10.2. The predicted octanol–water partition coefficient (Wildman–Crippen LogP) is 3.26. The molecule has 7 nitrogen and oxygen atoms in total. The Labute approximate surface area is 126 Å². The van der Waals surface area contributed by atoms with Crippen LogP contribution in [0.5, 0.6) is 0 Å². The number of anilines is 2. The maximum atomic E-state index is 10.9. The number of nitro benzene ring substituents is 1. The van der Waals surface area contributed by atoms with Crippen LogP contribution in [0.2, 0.25) is 0 Å². The Hall–Kier alpha value is -3.09. The molecule has 2 aromatic carbocycles. The molecule has 0 bridgehead atoms. The number of nitro groups is 1. The second kappa shape index (κ2) is 6.13. The summed E-state index contributed by atoms with van der Waals surface area (Å²) < 4.78 is 5.52. The molecule has 1 heterocycles. The van der Waals surface area contributed by atoms with Crippen molar-refractivity contribution >= 4 is 28.5 Å². The summed E-state index contributed by atoms with van der Waals surface area (Å²) in [7, 11) is 0. The van der Waals surface area contributed by atoms with Gasteiger partial charge in [0.2, 0.25) is 0 Å². The number of hydrogen-bond donors (Lipinski definition) is 2. The summed E-state index contributed by atoms with van der Waals surface area (Å²) in [5, 5.41) is 17.0. The second-order valence-electron chi connectivity index (χ2n) is 4.61. The van der Waals surface area contributed by atoms with Crippen LogP contribution in [0.15, 0.2) is 52.9 Å². The fraction of sp³-hybridized carbons (Fsp3) is 0.133. The lowest BCUT2D eigenvalue weighted by Crippen LogP contribution is -2.14. The lowest BCUT2D eigenvalue weighted by Gasteiger charge is -2.06. The van der Waals surface area contributed by atoms with E-state index in [1.807, 2.05) is 24.3 Å². The largest absolute Gasteiger partial charge is 0.424 e. The first-order chi connectivity index (χ1) is 10.7. The van der Waals surface area contributed by atoms with Gasteiger partial charge in [-0.3, -0.25) is 10.1 Å². The Kier molecular flexibility index (Phi) is 3.86. The van der Waals surface area contributed by atoms with Crippen molar-refractivity contribution in [3.05, 3.63) is 58.6 Å². The predicted molar refractivity (Wildman–Crippen MR) is 84.1 cm³/mol. The van der Waals surface area contributed by atoms with Gasteiger partial charge < -0.3 is 15.1 Å². The van der Waals surface area contributed by atoms with E-state index >= 15 is 0 Å². The van der Waals surface area contributed by atoms with E-state index in [1.165, 1.54) is 6.07 Å². The third kappa shape index (κ3) is 2.98. The molecule has 0 aliphatic rings. The molecule has 112 valence electrons. The molecule has 3 rings (SSSR count). The number of benzene rings is 2. The number of fused-ring (bicyclic) bond motifs is 1. The van der Waals surface area contributed by atoms with Gasteiger partial charge in [-0.1, -0.05) is 24.3 Å². The van der Waals surface area contributed by atoms with Crippen molar-refractivity contribution in [1.82, 2.24) is 4.98 Å². The third-order valence-electron chi connectivity index (χ3n) is 3.11. The molecule has 3 aromatic rings. The summed E-state index contributed by atoms with van der Waals surface area (Å²) in [6.07, 6.45) is 0. The first-order valence-corrected chi connectivity index (χ1v) is 6.81. The highest BCUT2D eigenvalue weighted by atomic mass is 16.6. The normalized spacial score (nSPS) is 10.5. The highest BCUT2D eigenvalue weighted by Gasteiger charge is 2.11. The Morgan fingerprint density at radius 3 is 2.59 bits per heavy atom. The average molecular weight is 298 g/mol. The molecule has 1 aromatic heterocycles. The van der Waals surface area contributed by atoms with E-state index in [1.54, 1.807) is 18.2 Å². The number of nitrogens with zero attached hydrogens (tertiary/aromatic N) is 2. The number of para-hydroxylation sites is 4. The second-order valence-corrected chi connectivity index (χ2v) is 4.61. The van der Waals surface area contributed by atoms with E-state index in [4.69, 9.17) is 4.42 Å². The van der Waals surface area contributed by atoms with Crippen LogP contribution in [0, 0.1) is 10.1 Å². The van der Waals surface area contributed by atoms with E-state index in [2.05, 4.69) is 15.6 Å². The number of hydrogen-bond acceptors (Lipinski definition) is 6. The fourth-order valence-corrected chi connectivity index (χ4v) is 2.10. The van der Waals surface area contributed by atoms with Gasteiger partial charge in [0.1, 0.15) is 11.2 Å². The molecule has 0 saturated carbocycles. The van der Waals surface area contributed by atoms with Gasteiger partial charge in [0.15, 0.2) is 5.58 Å². The highest BCUT2D eigenvalue weighted by Crippen LogP contribution is 2.22. The van der Waals surface area contributed by atoms with Crippen LogP contribution in [0.3, 0.4) is 0 Å². The van der Waals surface area contributed by atoms with E-state index in [-0.39, 0.29) is 5.69 Å². The lowest BCUT2D eigenvalue weighted by molar-refractivity contribution is -0.384. The Bertz CT molecular complexity index is 767. The monoisotopic (exact) mass is 298 g/mol. The van der Waals surface area contributed by atoms with Crippen LogP contribution in [0.4, 0.5) is 17.4 Å². The van der Waals surface area contributed by atoms with Gasteiger partial charge in [0.05, 0.1) is 4.92 Å².